The van der Waals surface area contributed by atoms with E-state index >= 15 is 0 Å². The van der Waals surface area contributed by atoms with Crippen LogP contribution in [0.1, 0.15) is 26.2 Å². The van der Waals surface area contributed by atoms with E-state index in [9.17, 15) is 0 Å². The van der Waals surface area contributed by atoms with Gasteiger partial charge in [-0.1, -0.05) is 13.3 Å². The molecule has 1 aromatic carbocycles. The number of benzene rings is 1. The minimum atomic E-state index is 0.575. The second kappa shape index (κ2) is 5.10. The van der Waals surface area contributed by atoms with Crippen molar-refractivity contribution in [2.24, 2.45) is 0 Å². The molecule has 0 aromatic heterocycles. The van der Waals surface area contributed by atoms with Crippen LogP contribution in [0.15, 0.2) is 18.2 Å². The lowest BCUT2D eigenvalue weighted by Gasteiger charge is -2.16. The van der Waals surface area contributed by atoms with E-state index in [-0.39, 0.29) is 0 Å². The fourth-order valence-electron chi connectivity index (χ4n) is 2.16. The van der Waals surface area contributed by atoms with E-state index in [1.807, 2.05) is 6.07 Å². The molecule has 1 heterocycles. The Kier molecular flexibility index (Phi) is 3.54. The summed E-state index contributed by atoms with van der Waals surface area (Å²) in [6.45, 7) is 3.27. The zero-order chi connectivity index (χ0) is 11.4. The van der Waals surface area contributed by atoms with Gasteiger partial charge in [0.1, 0.15) is 5.75 Å². The molecule has 0 saturated carbocycles. The topological polar surface area (TPSA) is 33.3 Å². The van der Waals surface area contributed by atoms with Gasteiger partial charge in [0.15, 0.2) is 0 Å². The fourth-order valence-corrected chi connectivity index (χ4v) is 2.16. The van der Waals surface area contributed by atoms with Gasteiger partial charge in [-0.15, -0.1) is 0 Å². The van der Waals surface area contributed by atoms with Gasteiger partial charge in [0.25, 0.3) is 0 Å². The quantitative estimate of drug-likeness (QED) is 0.821. The van der Waals surface area contributed by atoms with E-state index < -0.39 is 0 Å². The number of nitrogens with one attached hydrogen (secondary N) is 2. The lowest BCUT2D eigenvalue weighted by atomic mass is 10.1. The van der Waals surface area contributed by atoms with Gasteiger partial charge in [-0.3, -0.25) is 0 Å². The third kappa shape index (κ3) is 2.40. The van der Waals surface area contributed by atoms with E-state index in [0.29, 0.717) is 6.04 Å². The summed E-state index contributed by atoms with van der Waals surface area (Å²) in [7, 11) is 1.70. The summed E-state index contributed by atoms with van der Waals surface area (Å²) in [5.41, 5.74) is 2.34. The highest BCUT2D eigenvalue weighted by Crippen LogP contribution is 2.30. The molecule has 0 bridgehead atoms. The van der Waals surface area contributed by atoms with Crippen LogP contribution in [0.4, 0.5) is 11.4 Å². The van der Waals surface area contributed by atoms with Crippen molar-refractivity contribution >= 4 is 11.4 Å². The van der Waals surface area contributed by atoms with Crippen LogP contribution in [0, 0.1) is 0 Å². The van der Waals surface area contributed by atoms with Crippen molar-refractivity contribution in [1.82, 2.24) is 0 Å². The molecule has 0 amide bonds. The third-order valence-electron chi connectivity index (χ3n) is 3.03. The number of hydrogen-bond acceptors (Lipinski definition) is 3. The summed E-state index contributed by atoms with van der Waals surface area (Å²) in [5, 5.41) is 7.04. The van der Waals surface area contributed by atoms with Crippen molar-refractivity contribution in [1.29, 1.82) is 0 Å². The van der Waals surface area contributed by atoms with Gasteiger partial charge in [-0.25, -0.2) is 0 Å². The Hall–Kier alpha value is -1.38. The van der Waals surface area contributed by atoms with Gasteiger partial charge < -0.3 is 15.4 Å². The second-order valence-corrected chi connectivity index (χ2v) is 4.26. The van der Waals surface area contributed by atoms with E-state index in [1.165, 1.54) is 24.9 Å². The molecule has 1 aliphatic rings. The predicted molar refractivity (Wildman–Crippen MR) is 68.4 cm³/mol. The molecule has 0 radical (unpaired) electrons. The number of ether oxygens (including phenoxy) is 1. The van der Waals surface area contributed by atoms with Crippen molar-refractivity contribution in [3.05, 3.63) is 18.2 Å². The van der Waals surface area contributed by atoms with Crippen LogP contribution in [-0.4, -0.2) is 19.7 Å². The molecule has 2 N–H and O–H groups in total. The largest absolute Gasteiger partial charge is 0.497 e. The van der Waals surface area contributed by atoms with Crippen LogP contribution in [0.3, 0.4) is 0 Å². The molecule has 2 rings (SSSR count). The van der Waals surface area contributed by atoms with Crippen LogP contribution >= 0.6 is 0 Å². The smallest absolute Gasteiger partial charge is 0.121 e. The Labute approximate surface area is 97.2 Å². The first-order valence-corrected chi connectivity index (χ1v) is 6.02. The monoisotopic (exact) mass is 220 g/mol. The minimum absolute atomic E-state index is 0.575. The Morgan fingerprint density at radius 3 is 3.00 bits per heavy atom. The molecule has 16 heavy (non-hydrogen) atoms. The first kappa shape index (κ1) is 11.1. The van der Waals surface area contributed by atoms with Crippen molar-refractivity contribution in [3.63, 3.8) is 0 Å². The first-order valence-electron chi connectivity index (χ1n) is 6.02. The summed E-state index contributed by atoms with van der Waals surface area (Å²) in [5.74, 6) is 0.908. The molecule has 0 saturated heterocycles. The summed E-state index contributed by atoms with van der Waals surface area (Å²) < 4.78 is 5.25. The van der Waals surface area contributed by atoms with E-state index in [1.54, 1.807) is 7.11 Å². The summed E-state index contributed by atoms with van der Waals surface area (Å²) in [6, 6.07) is 6.71. The normalized spacial score (nSPS) is 19.0. The molecule has 0 spiro atoms. The molecular formula is C13H20N2O. The number of rotatable bonds is 3. The van der Waals surface area contributed by atoms with Crippen LogP contribution in [0.25, 0.3) is 0 Å². The van der Waals surface area contributed by atoms with Gasteiger partial charge >= 0.3 is 0 Å². The number of fused-ring (bicyclic) bond motifs is 1. The van der Waals surface area contributed by atoms with Gasteiger partial charge in [0.2, 0.25) is 0 Å². The lowest BCUT2D eigenvalue weighted by Crippen LogP contribution is -2.19. The molecule has 0 aliphatic carbocycles. The average molecular weight is 220 g/mol. The molecule has 1 unspecified atom stereocenters. The van der Waals surface area contributed by atoms with E-state index in [0.717, 1.165) is 18.0 Å². The van der Waals surface area contributed by atoms with Crippen LogP contribution < -0.4 is 15.4 Å². The van der Waals surface area contributed by atoms with Crippen LogP contribution in [0.5, 0.6) is 5.75 Å². The van der Waals surface area contributed by atoms with Crippen LogP contribution in [-0.2, 0) is 0 Å². The average Bonchev–Trinajstić information content (AvgIpc) is 2.50. The molecule has 3 nitrogen and oxygen atoms in total. The van der Waals surface area contributed by atoms with Crippen molar-refractivity contribution in [2.45, 2.75) is 32.2 Å². The minimum Gasteiger partial charge on any atom is -0.497 e. The van der Waals surface area contributed by atoms with Crippen molar-refractivity contribution in [3.8, 4) is 5.75 Å². The highest BCUT2D eigenvalue weighted by Gasteiger charge is 2.14. The number of anilines is 2. The van der Waals surface area contributed by atoms with E-state index in [2.05, 4.69) is 29.7 Å². The molecule has 1 aromatic rings. The Morgan fingerprint density at radius 1 is 1.38 bits per heavy atom. The first-order chi connectivity index (χ1) is 7.83. The van der Waals surface area contributed by atoms with Gasteiger partial charge in [0.05, 0.1) is 18.5 Å². The zero-order valence-corrected chi connectivity index (χ0v) is 10.0. The SMILES string of the molecule is CCCC1CCNc2ccc(OC)cc2N1. The number of methoxy groups -OCH3 is 1. The maximum Gasteiger partial charge on any atom is 0.121 e. The fraction of sp³-hybridized carbons (Fsp3) is 0.538. The highest BCUT2D eigenvalue weighted by molar-refractivity contribution is 5.71. The number of hydrogen-bond donors (Lipinski definition) is 2. The lowest BCUT2D eigenvalue weighted by molar-refractivity contribution is 0.415. The molecule has 88 valence electrons. The van der Waals surface area contributed by atoms with Crippen molar-refractivity contribution in [2.75, 3.05) is 24.3 Å². The third-order valence-corrected chi connectivity index (χ3v) is 3.03. The Balaban J connectivity index is 2.19. The predicted octanol–water partition coefficient (Wildman–Crippen LogP) is 3.09. The van der Waals surface area contributed by atoms with Crippen LogP contribution in [0.2, 0.25) is 0 Å². The zero-order valence-electron chi connectivity index (χ0n) is 10.0. The molecule has 1 aliphatic heterocycles. The molecular weight excluding hydrogens is 200 g/mol. The van der Waals surface area contributed by atoms with Gasteiger partial charge in [0, 0.05) is 18.7 Å². The second-order valence-electron chi connectivity index (χ2n) is 4.26. The molecule has 1 atom stereocenters. The highest BCUT2D eigenvalue weighted by atomic mass is 16.5. The Bertz CT molecular complexity index is 352. The maximum absolute atomic E-state index is 5.25. The van der Waals surface area contributed by atoms with Gasteiger partial charge in [-0.2, -0.15) is 0 Å². The van der Waals surface area contributed by atoms with Crippen molar-refractivity contribution < 1.29 is 4.74 Å². The van der Waals surface area contributed by atoms with Gasteiger partial charge in [-0.05, 0) is 25.0 Å². The summed E-state index contributed by atoms with van der Waals surface area (Å²) in [4.78, 5) is 0. The molecule has 3 heteroatoms. The standard InChI is InChI=1S/C13H20N2O/c1-3-4-10-7-8-14-12-6-5-11(16-2)9-13(12)15-10/h5-6,9-10,14-15H,3-4,7-8H2,1-2H3. The van der Waals surface area contributed by atoms with E-state index in [4.69, 9.17) is 4.74 Å². The summed E-state index contributed by atoms with van der Waals surface area (Å²) in [6.07, 6.45) is 3.61. The summed E-state index contributed by atoms with van der Waals surface area (Å²) >= 11 is 0. The maximum atomic E-state index is 5.25. The molecule has 0 fully saturated rings. The Morgan fingerprint density at radius 2 is 2.25 bits per heavy atom.